The number of piperidine rings is 1. The minimum Gasteiger partial charge on any atom is -0.496 e. The summed E-state index contributed by atoms with van der Waals surface area (Å²) in [6, 6.07) is 5.82. The van der Waals surface area contributed by atoms with Gasteiger partial charge in [-0.1, -0.05) is 0 Å². The first-order chi connectivity index (χ1) is 12.2. The van der Waals surface area contributed by atoms with Crippen molar-refractivity contribution in [2.75, 3.05) is 7.11 Å². The van der Waals surface area contributed by atoms with Crippen LogP contribution < -0.4 is 4.74 Å². The molecule has 0 aromatic heterocycles. The Morgan fingerprint density at radius 2 is 1.73 bits per heavy atom. The molecule has 0 spiro atoms. The number of methoxy groups -OCH3 is 1. The molecular formula is C21H29NO4. The van der Waals surface area contributed by atoms with Gasteiger partial charge in [-0.15, -0.1) is 0 Å². The van der Waals surface area contributed by atoms with Gasteiger partial charge in [-0.05, 0) is 77.1 Å². The van der Waals surface area contributed by atoms with E-state index in [9.17, 15) is 9.59 Å². The van der Waals surface area contributed by atoms with Crippen molar-refractivity contribution in [3.05, 3.63) is 29.3 Å². The van der Waals surface area contributed by atoms with Gasteiger partial charge in [0.2, 0.25) is 0 Å². The Hall–Kier alpha value is -2.04. The molecule has 3 rings (SSSR count). The topological polar surface area (TPSA) is 55.8 Å². The highest BCUT2D eigenvalue weighted by molar-refractivity contribution is 5.98. The summed E-state index contributed by atoms with van der Waals surface area (Å²) < 4.78 is 10.8. The Bertz CT molecular complexity index is 692. The van der Waals surface area contributed by atoms with E-state index < -0.39 is 5.60 Å². The molecule has 1 amide bonds. The van der Waals surface area contributed by atoms with E-state index in [0.29, 0.717) is 0 Å². The summed E-state index contributed by atoms with van der Waals surface area (Å²) >= 11 is 0. The van der Waals surface area contributed by atoms with Gasteiger partial charge in [-0.3, -0.25) is 4.79 Å². The number of aryl methyl sites for hydroxylation is 1. The molecule has 0 aliphatic carbocycles. The molecule has 2 aliphatic heterocycles. The van der Waals surface area contributed by atoms with E-state index in [1.165, 1.54) is 0 Å². The Morgan fingerprint density at radius 3 is 2.23 bits per heavy atom. The molecule has 5 heteroatoms. The maximum Gasteiger partial charge on any atom is 0.410 e. The lowest BCUT2D eigenvalue weighted by atomic mass is 9.84. The molecule has 1 aromatic carbocycles. The Morgan fingerprint density at radius 1 is 1.12 bits per heavy atom. The average molecular weight is 359 g/mol. The number of carbonyl (C=O) groups excluding carboxylic acids is 2. The quantitative estimate of drug-likeness (QED) is 0.752. The van der Waals surface area contributed by atoms with Gasteiger partial charge in [0.1, 0.15) is 11.4 Å². The molecule has 2 saturated heterocycles. The number of ether oxygens (including phenoxy) is 2. The van der Waals surface area contributed by atoms with Crippen molar-refractivity contribution in [2.45, 2.75) is 71.1 Å². The summed E-state index contributed by atoms with van der Waals surface area (Å²) in [6.45, 7) is 7.60. The number of amides is 1. The van der Waals surface area contributed by atoms with E-state index in [2.05, 4.69) is 0 Å². The van der Waals surface area contributed by atoms with Gasteiger partial charge in [-0.25, -0.2) is 4.79 Å². The summed E-state index contributed by atoms with van der Waals surface area (Å²) in [5.41, 5.74) is 1.20. The van der Waals surface area contributed by atoms with Crippen molar-refractivity contribution in [1.29, 1.82) is 0 Å². The van der Waals surface area contributed by atoms with Crippen LogP contribution in [0.2, 0.25) is 0 Å². The highest BCUT2D eigenvalue weighted by Gasteiger charge is 2.46. The first-order valence-electron chi connectivity index (χ1n) is 9.40. The molecule has 5 nitrogen and oxygen atoms in total. The normalized spacial score (nSPS) is 25.1. The molecule has 0 saturated carbocycles. The van der Waals surface area contributed by atoms with Gasteiger partial charge in [0.25, 0.3) is 0 Å². The van der Waals surface area contributed by atoms with Crippen LogP contribution in [-0.4, -0.2) is 41.6 Å². The molecule has 26 heavy (non-hydrogen) atoms. The van der Waals surface area contributed by atoms with Gasteiger partial charge in [0.15, 0.2) is 5.78 Å². The highest BCUT2D eigenvalue weighted by Crippen LogP contribution is 2.40. The monoisotopic (exact) mass is 359 g/mol. The van der Waals surface area contributed by atoms with Crippen LogP contribution in [0.4, 0.5) is 4.79 Å². The molecule has 0 radical (unpaired) electrons. The fourth-order valence-corrected chi connectivity index (χ4v) is 4.27. The van der Waals surface area contributed by atoms with E-state index in [1.807, 2.05) is 50.8 Å². The van der Waals surface area contributed by atoms with E-state index in [-0.39, 0.29) is 29.9 Å². The molecular weight excluding hydrogens is 330 g/mol. The molecule has 0 N–H and O–H groups in total. The first kappa shape index (κ1) is 18.7. The number of carbonyl (C=O) groups is 2. The second-order valence-electron chi connectivity index (χ2n) is 8.49. The lowest BCUT2D eigenvalue weighted by molar-refractivity contribution is 0.00254. The van der Waals surface area contributed by atoms with E-state index in [1.54, 1.807) is 7.11 Å². The van der Waals surface area contributed by atoms with Crippen molar-refractivity contribution < 1.29 is 19.1 Å². The Labute approximate surface area is 155 Å². The van der Waals surface area contributed by atoms with Crippen molar-refractivity contribution in [1.82, 2.24) is 4.90 Å². The van der Waals surface area contributed by atoms with Crippen LogP contribution in [-0.2, 0) is 4.74 Å². The minimum atomic E-state index is -0.496. The van der Waals surface area contributed by atoms with Crippen LogP contribution in [0.5, 0.6) is 5.75 Å². The van der Waals surface area contributed by atoms with Crippen molar-refractivity contribution in [3.63, 3.8) is 0 Å². The molecule has 2 heterocycles. The van der Waals surface area contributed by atoms with Crippen molar-refractivity contribution in [2.24, 2.45) is 5.92 Å². The Balaban J connectivity index is 1.71. The number of rotatable bonds is 3. The van der Waals surface area contributed by atoms with Gasteiger partial charge in [0, 0.05) is 23.6 Å². The number of ketones is 1. The van der Waals surface area contributed by atoms with E-state index in [0.717, 1.165) is 42.6 Å². The van der Waals surface area contributed by atoms with Gasteiger partial charge < -0.3 is 14.4 Å². The third-order valence-electron chi connectivity index (χ3n) is 5.39. The molecule has 142 valence electrons. The number of benzene rings is 1. The standard InChI is InChI=1S/C21H29NO4/c1-13-10-14(6-9-18(13)25-5)19(23)15-11-16-7-8-17(12-15)22(16)20(24)26-21(2,3)4/h6,9-10,15-17H,7-8,11-12H2,1-5H3. The van der Waals surface area contributed by atoms with Crippen LogP contribution >= 0.6 is 0 Å². The summed E-state index contributed by atoms with van der Waals surface area (Å²) in [5, 5.41) is 0. The Kier molecular flexibility index (Phi) is 5.00. The zero-order valence-corrected chi connectivity index (χ0v) is 16.4. The van der Waals surface area contributed by atoms with Crippen LogP contribution in [0, 0.1) is 12.8 Å². The van der Waals surface area contributed by atoms with E-state index in [4.69, 9.17) is 9.47 Å². The predicted molar refractivity (Wildman–Crippen MR) is 99.7 cm³/mol. The largest absolute Gasteiger partial charge is 0.496 e. The third-order valence-corrected chi connectivity index (χ3v) is 5.39. The SMILES string of the molecule is COc1ccc(C(=O)C2CC3CCC(C2)N3C(=O)OC(C)(C)C)cc1C. The second-order valence-corrected chi connectivity index (χ2v) is 8.49. The molecule has 2 bridgehead atoms. The van der Waals surface area contributed by atoms with Gasteiger partial charge >= 0.3 is 6.09 Å². The zero-order valence-electron chi connectivity index (χ0n) is 16.4. The first-order valence-corrected chi connectivity index (χ1v) is 9.40. The lowest BCUT2D eigenvalue weighted by Crippen LogP contribution is -2.49. The number of Topliss-reactive ketones (excluding diaryl/α,β-unsaturated/α-hetero) is 1. The maximum absolute atomic E-state index is 13.0. The molecule has 2 atom stereocenters. The van der Waals surface area contributed by atoms with Crippen LogP contribution in [0.25, 0.3) is 0 Å². The fourth-order valence-electron chi connectivity index (χ4n) is 4.27. The second kappa shape index (κ2) is 6.93. The fraction of sp³-hybridized carbons (Fsp3) is 0.619. The third kappa shape index (κ3) is 3.71. The van der Waals surface area contributed by atoms with E-state index >= 15 is 0 Å². The van der Waals surface area contributed by atoms with Crippen LogP contribution in [0.15, 0.2) is 18.2 Å². The number of hydrogen-bond donors (Lipinski definition) is 0. The summed E-state index contributed by atoms with van der Waals surface area (Å²) in [4.78, 5) is 27.4. The van der Waals surface area contributed by atoms with Gasteiger partial charge in [0.05, 0.1) is 7.11 Å². The molecule has 1 aromatic rings. The molecule has 2 fully saturated rings. The maximum atomic E-state index is 13.0. The minimum absolute atomic E-state index is 0.0287. The summed E-state index contributed by atoms with van der Waals surface area (Å²) in [5.74, 6) is 0.942. The smallest absolute Gasteiger partial charge is 0.410 e. The van der Waals surface area contributed by atoms with Gasteiger partial charge in [-0.2, -0.15) is 0 Å². The number of hydrogen-bond acceptors (Lipinski definition) is 4. The number of fused-ring (bicyclic) bond motifs is 2. The summed E-state index contributed by atoms with van der Waals surface area (Å²) in [6.07, 6.45) is 3.11. The molecule has 2 unspecified atom stereocenters. The zero-order chi connectivity index (χ0) is 19.1. The van der Waals surface area contributed by atoms with Crippen LogP contribution in [0.3, 0.4) is 0 Å². The van der Waals surface area contributed by atoms with Crippen molar-refractivity contribution in [3.8, 4) is 5.75 Å². The number of nitrogens with zero attached hydrogens (tertiary/aromatic N) is 1. The predicted octanol–water partition coefficient (Wildman–Crippen LogP) is 4.36. The lowest BCUT2D eigenvalue weighted by Gasteiger charge is -2.39. The highest BCUT2D eigenvalue weighted by atomic mass is 16.6. The van der Waals surface area contributed by atoms with Crippen molar-refractivity contribution >= 4 is 11.9 Å². The average Bonchev–Trinajstić information content (AvgIpc) is 2.83. The summed E-state index contributed by atoms with van der Waals surface area (Å²) in [7, 11) is 1.63. The molecule has 2 aliphatic rings. The van der Waals surface area contributed by atoms with Crippen LogP contribution in [0.1, 0.15) is 62.4 Å².